The van der Waals surface area contributed by atoms with Crippen molar-refractivity contribution in [3.05, 3.63) is 59.7 Å². The molecule has 1 aromatic heterocycles. The number of benzene rings is 1. The first-order valence-corrected chi connectivity index (χ1v) is 9.09. The second-order valence-electron chi connectivity index (χ2n) is 6.96. The van der Waals surface area contributed by atoms with Gasteiger partial charge >= 0.3 is 0 Å². The van der Waals surface area contributed by atoms with Crippen molar-refractivity contribution in [3.8, 4) is 5.75 Å². The lowest BCUT2D eigenvalue weighted by molar-refractivity contribution is -0.129. The Morgan fingerprint density at radius 3 is 2.61 bits per heavy atom. The Labute approximate surface area is 161 Å². The molecular formula is C21H20N2O5. The third-order valence-corrected chi connectivity index (χ3v) is 5.16. The van der Waals surface area contributed by atoms with E-state index in [9.17, 15) is 14.4 Å². The number of ketones is 1. The van der Waals surface area contributed by atoms with Crippen LogP contribution in [0.4, 0.5) is 5.69 Å². The summed E-state index contributed by atoms with van der Waals surface area (Å²) in [6.07, 6.45) is 2.24. The van der Waals surface area contributed by atoms with Crippen LogP contribution in [0.5, 0.6) is 5.75 Å². The summed E-state index contributed by atoms with van der Waals surface area (Å²) in [7, 11) is 1.56. The van der Waals surface area contributed by atoms with E-state index in [0.29, 0.717) is 34.9 Å². The monoisotopic (exact) mass is 380 g/mol. The van der Waals surface area contributed by atoms with Crippen LogP contribution in [0.15, 0.2) is 58.3 Å². The summed E-state index contributed by atoms with van der Waals surface area (Å²) in [6.45, 7) is 0. The van der Waals surface area contributed by atoms with Crippen LogP contribution in [0.2, 0.25) is 0 Å². The molecule has 7 nitrogen and oxygen atoms in total. The van der Waals surface area contributed by atoms with Crippen LogP contribution in [0.3, 0.4) is 0 Å². The van der Waals surface area contributed by atoms with Gasteiger partial charge in [-0.3, -0.25) is 14.4 Å². The van der Waals surface area contributed by atoms with Crippen LogP contribution in [0.1, 0.15) is 30.9 Å². The number of methoxy groups -OCH3 is 1. The van der Waals surface area contributed by atoms with E-state index in [1.165, 1.54) is 0 Å². The summed E-state index contributed by atoms with van der Waals surface area (Å²) >= 11 is 0. The van der Waals surface area contributed by atoms with Crippen LogP contribution in [0, 0.1) is 5.92 Å². The van der Waals surface area contributed by atoms with Gasteiger partial charge in [-0.25, -0.2) is 0 Å². The number of nitrogens with one attached hydrogen (secondary N) is 2. The molecule has 2 N–H and O–H groups in total. The van der Waals surface area contributed by atoms with Gasteiger partial charge in [-0.05, 0) is 42.8 Å². The molecule has 1 aromatic carbocycles. The normalized spacial score (nSPS) is 21.8. The number of Topliss-reactive ketones (excluding diaryl/α,β-unsaturated/α-hetero) is 1. The van der Waals surface area contributed by atoms with Crippen LogP contribution >= 0.6 is 0 Å². The molecule has 4 rings (SSSR count). The molecule has 0 unspecified atom stereocenters. The molecular weight excluding hydrogens is 360 g/mol. The summed E-state index contributed by atoms with van der Waals surface area (Å²) in [5, 5.41) is 5.58. The summed E-state index contributed by atoms with van der Waals surface area (Å²) in [5.74, 6) is -0.303. The molecule has 0 spiro atoms. The Balaban J connectivity index is 1.57. The third kappa shape index (κ3) is 3.43. The molecule has 1 aliphatic heterocycles. The Bertz CT molecular complexity index is 944. The zero-order chi connectivity index (χ0) is 19.7. The van der Waals surface area contributed by atoms with E-state index in [1.54, 1.807) is 43.7 Å². The van der Waals surface area contributed by atoms with Gasteiger partial charge < -0.3 is 19.8 Å². The Morgan fingerprint density at radius 1 is 1.14 bits per heavy atom. The van der Waals surface area contributed by atoms with Gasteiger partial charge in [-0.1, -0.05) is 0 Å². The van der Waals surface area contributed by atoms with Gasteiger partial charge in [0.15, 0.2) is 5.78 Å². The Morgan fingerprint density at radius 2 is 1.93 bits per heavy atom. The number of anilines is 1. The number of hydrogen-bond acceptors (Lipinski definition) is 5. The maximum Gasteiger partial charge on any atom is 0.232 e. The molecule has 2 amide bonds. The summed E-state index contributed by atoms with van der Waals surface area (Å²) in [6, 6.07) is 10.5. The maximum atomic E-state index is 12.9. The fourth-order valence-corrected chi connectivity index (χ4v) is 3.81. The van der Waals surface area contributed by atoms with Gasteiger partial charge in [0.25, 0.3) is 0 Å². The van der Waals surface area contributed by atoms with Crippen LogP contribution in [-0.4, -0.2) is 24.7 Å². The predicted molar refractivity (Wildman–Crippen MR) is 101 cm³/mol. The third-order valence-electron chi connectivity index (χ3n) is 5.16. The largest absolute Gasteiger partial charge is 0.497 e. The van der Waals surface area contributed by atoms with Crippen LogP contribution < -0.4 is 15.4 Å². The fourth-order valence-electron chi connectivity index (χ4n) is 3.81. The molecule has 2 heterocycles. The first kappa shape index (κ1) is 18.0. The van der Waals surface area contributed by atoms with E-state index in [0.717, 1.165) is 0 Å². The van der Waals surface area contributed by atoms with Crippen molar-refractivity contribution in [3.63, 3.8) is 0 Å². The van der Waals surface area contributed by atoms with Crippen molar-refractivity contribution in [2.24, 2.45) is 5.92 Å². The van der Waals surface area contributed by atoms with E-state index >= 15 is 0 Å². The van der Waals surface area contributed by atoms with Crippen LogP contribution in [0.25, 0.3) is 0 Å². The van der Waals surface area contributed by atoms with E-state index in [1.807, 2.05) is 6.07 Å². The van der Waals surface area contributed by atoms with Crippen molar-refractivity contribution >= 4 is 23.3 Å². The van der Waals surface area contributed by atoms with E-state index in [4.69, 9.17) is 9.15 Å². The second kappa shape index (κ2) is 7.34. The lowest BCUT2D eigenvalue weighted by Crippen LogP contribution is -2.43. The van der Waals surface area contributed by atoms with Gasteiger partial charge in [0.1, 0.15) is 11.5 Å². The van der Waals surface area contributed by atoms with Crippen LogP contribution in [-0.2, 0) is 14.4 Å². The number of carbonyl (C=O) groups excluding carboxylic acids is 3. The second-order valence-corrected chi connectivity index (χ2v) is 6.96. The van der Waals surface area contributed by atoms with Gasteiger partial charge in [0.2, 0.25) is 11.8 Å². The topological polar surface area (TPSA) is 97.6 Å². The first-order valence-electron chi connectivity index (χ1n) is 9.09. The lowest BCUT2D eigenvalue weighted by Gasteiger charge is -2.32. The molecule has 0 saturated heterocycles. The smallest absolute Gasteiger partial charge is 0.232 e. The minimum Gasteiger partial charge on any atom is -0.497 e. The summed E-state index contributed by atoms with van der Waals surface area (Å²) < 4.78 is 10.5. The van der Waals surface area contributed by atoms with Crippen molar-refractivity contribution in [2.45, 2.75) is 25.2 Å². The highest BCUT2D eigenvalue weighted by atomic mass is 16.5. The standard InChI is InChI=1S/C21H20N2O5/c1-27-14-6-4-13(5-7-14)22-21(26)15-11-19(25)23-16-9-12(10-17(24)20(15)16)18-3-2-8-28-18/h2-8,12,15H,9-11H2,1H3,(H,22,26)(H,23,25)/t12-,15+/m1/s1. The summed E-state index contributed by atoms with van der Waals surface area (Å²) in [5.41, 5.74) is 1.52. The molecule has 2 aromatic rings. The van der Waals surface area contributed by atoms with E-state index < -0.39 is 5.92 Å². The number of amides is 2. The fraction of sp³-hybridized carbons (Fsp3) is 0.286. The average molecular weight is 380 g/mol. The molecule has 0 saturated carbocycles. The minimum absolute atomic E-state index is 0.0437. The molecule has 0 fully saturated rings. The highest BCUT2D eigenvalue weighted by Gasteiger charge is 2.41. The quantitative estimate of drug-likeness (QED) is 0.850. The zero-order valence-electron chi connectivity index (χ0n) is 15.4. The lowest BCUT2D eigenvalue weighted by atomic mass is 9.76. The molecule has 7 heteroatoms. The molecule has 1 aliphatic carbocycles. The van der Waals surface area contributed by atoms with Crippen molar-refractivity contribution in [1.82, 2.24) is 5.32 Å². The van der Waals surface area contributed by atoms with Crippen molar-refractivity contribution in [1.29, 1.82) is 0 Å². The SMILES string of the molecule is COc1ccc(NC(=O)[C@H]2CC(=O)NC3=C2C(=O)C[C@H](c2ccco2)C3)cc1. The van der Waals surface area contributed by atoms with Crippen molar-refractivity contribution in [2.75, 3.05) is 12.4 Å². The molecule has 0 bridgehead atoms. The number of carbonyl (C=O) groups is 3. The number of rotatable bonds is 4. The predicted octanol–water partition coefficient (Wildman–Crippen LogP) is 2.76. The molecule has 144 valence electrons. The number of hydrogen-bond donors (Lipinski definition) is 2. The van der Waals surface area contributed by atoms with Gasteiger partial charge in [-0.2, -0.15) is 0 Å². The van der Waals surface area contributed by atoms with Gasteiger partial charge in [0.05, 0.1) is 19.3 Å². The van der Waals surface area contributed by atoms with Crippen molar-refractivity contribution < 1.29 is 23.5 Å². The van der Waals surface area contributed by atoms with E-state index in [-0.39, 0.29) is 36.4 Å². The van der Waals surface area contributed by atoms with Gasteiger partial charge in [-0.15, -0.1) is 0 Å². The molecule has 2 aliphatic rings. The molecule has 28 heavy (non-hydrogen) atoms. The number of ether oxygens (including phenoxy) is 1. The molecule has 2 atom stereocenters. The maximum absolute atomic E-state index is 12.9. The van der Waals surface area contributed by atoms with Gasteiger partial charge in [0, 0.05) is 35.7 Å². The molecule has 0 radical (unpaired) electrons. The number of furan rings is 1. The van der Waals surface area contributed by atoms with E-state index in [2.05, 4.69) is 10.6 Å². The highest BCUT2D eigenvalue weighted by Crippen LogP contribution is 2.39. The Kier molecular flexibility index (Phi) is 4.73. The minimum atomic E-state index is -0.795. The Hall–Kier alpha value is -3.35. The zero-order valence-corrected chi connectivity index (χ0v) is 15.4. The summed E-state index contributed by atoms with van der Waals surface area (Å²) in [4.78, 5) is 37.9. The first-order chi connectivity index (χ1) is 13.5. The number of allylic oxidation sites excluding steroid dienone is 1. The average Bonchev–Trinajstić information content (AvgIpc) is 3.22. The highest BCUT2D eigenvalue weighted by molar-refractivity contribution is 6.09.